The Morgan fingerprint density at radius 2 is 1.96 bits per heavy atom. The summed E-state index contributed by atoms with van der Waals surface area (Å²) in [6, 6.07) is 12.2. The van der Waals surface area contributed by atoms with Gasteiger partial charge in [0.05, 0.1) is 38.2 Å². The summed E-state index contributed by atoms with van der Waals surface area (Å²) in [4.78, 5) is 2.32. The fourth-order valence-corrected chi connectivity index (χ4v) is 3.72. The predicted octanol–water partition coefficient (Wildman–Crippen LogP) is 3.79. The molecule has 0 amide bonds. The van der Waals surface area contributed by atoms with Crippen molar-refractivity contribution in [1.29, 1.82) is 0 Å². The molecule has 6 nitrogen and oxygen atoms in total. The summed E-state index contributed by atoms with van der Waals surface area (Å²) in [5.41, 5.74) is 4.23. The van der Waals surface area contributed by atoms with E-state index in [-0.39, 0.29) is 6.10 Å². The highest BCUT2D eigenvalue weighted by molar-refractivity contribution is 5.92. The van der Waals surface area contributed by atoms with Gasteiger partial charge in [-0.3, -0.25) is 0 Å². The van der Waals surface area contributed by atoms with Crippen LogP contribution >= 0.6 is 0 Å². The van der Waals surface area contributed by atoms with Crippen LogP contribution in [0.15, 0.2) is 42.6 Å². The number of methoxy groups -OCH3 is 2. The number of morpholine rings is 1. The van der Waals surface area contributed by atoms with E-state index in [4.69, 9.17) is 14.2 Å². The molecule has 1 saturated heterocycles. The van der Waals surface area contributed by atoms with E-state index in [0.717, 1.165) is 58.7 Å². The lowest BCUT2D eigenvalue weighted by Gasteiger charge is -2.35. The molecule has 146 valence electrons. The number of nitrogens with zero attached hydrogens (tertiary/aromatic N) is 3. The molecule has 1 fully saturated rings. The van der Waals surface area contributed by atoms with Gasteiger partial charge in [0, 0.05) is 18.5 Å². The van der Waals surface area contributed by atoms with E-state index in [2.05, 4.69) is 46.3 Å². The molecule has 6 heteroatoms. The van der Waals surface area contributed by atoms with Gasteiger partial charge in [-0.05, 0) is 41.8 Å². The molecule has 0 N–H and O–H groups in total. The first-order valence-corrected chi connectivity index (χ1v) is 9.56. The van der Waals surface area contributed by atoms with Gasteiger partial charge in [-0.15, -0.1) is 0 Å². The van der Waals surface area contributed by atoms with Gasteiger partial charge in [0.15, 0.2) is 0 Å². The smallest absolute Gasteiger partial charge is 0.122 e. The van der Waals surface area contributed by atoms with Crippen molar-refractivity contribution in [2.45, 2.75) is 19.4 Å². The Bertz CT molecular complexity index is 959. The Balaban J connectivity index is 1.66. The predicted molar refractivity (Wildman–Crippen MR) is 109 cm³/mol. The van der Waals surface area contributed by atoms with Crippen molar-refractivity contribution < 1.29 is 14.2 Å². The van der Waals surface area contributed by atoms with Gasteiger partial charge in [0.1, 0.15) is 17.6 Å². The van der Waals surface area contributed by atoms with Crippen molar-refractivity contribution >= 4 is 16.6 Å². The molecule has 0 spiro atoms. The molecule has 1 atom stereocenters. The molecule has 1 unspecified atom stereocenters. The van der Waals surface area contributed by atoms with Crippen molar-refractivity contribution in [3.05, 3.63) is 53.7 Å². The van der Waals surface area contributed by atoms with E-state index >= 15 is 0 Å². The van der Waals surface area contributed by atoms with Crippen LogP contribution in [0.1, 0.15) is 24.2 Å². The molecule has 0 aliphatic carbocycles. The van der Waals surface area contributed by atoms with Gasteiger partial charge < -0.3 is 19.1 Å². The third kappa shape index (κ3) is 3.47. The third-order valence-corrected chi connectivity index (χ3v) is 5.30. The van der Waals surface area contributed by atoms with E-state index in [0.29, 0.717) is 6.61 Å². The molecule has 28 heavy (non-hydrogen) atoms. The topological polar surface area (TPSA) is 56.7 Å². The molecule has 2 aromatic carbocycles. The first kappa shape index (κ1) is 18.5. The number of aromatic nitrogens is 2. The van der Waals surface area contributed by atoms with E-state index in [1.54, 1.807) is 14.2 Å². The van der Waals surface area contributed by atoms with Crippen LogP contribution in [0.5, 0.6) is 11.5 Å². The number of hydrogen-bond donors (Lipinski definition) is 0. The molecule has 4 rings (SSSR count). The van der Waals surface area contributed by atoms with Gasteiger partial charge in [0.25, 0.3) is 0 Å². The van der Waals surface area contributed by atoms with Crippen LogP contribution in [-0.2, 0) is 11.2 Å². The second-order valence-electron chi connectivity index (χ2n) is 6.84. The zero-order valence-corrected chi connectivity index (χ0v) is 16.5. The molecule has 2 heterocycles. The quantitative estimate of drug-likeness (QED) is 0.672. The van der Waals surface area contributed by atoms with Crippen LogP contribution in [0.4, 0.5) is 5.69 Å². The van der Waals surface area contributed by atoms with E-state index < -0.39 is 0 Å². The second kappa shape index (κ2) is 8.02. The van der Waals surface area contributed by atoms with Crippen molar-refractivity contribution in [3.8, 4) is 11.5 Å². The highest BCUT2D eigenvalue weighted by Crippen LogP contribution is 2.34. The highest BCUT2D eigenvalue weighted by atomic mass is 16.5. The number of benzene rings is 2. The Kier molecular flexibility index (Phi) is 5.30. The molecule has 1 aliphatic heterocycles. The Hall–Kier alpha value is -2.86. The summed E-state index contributed by atoms with van der Waals surface area (Å²) in [5, 5.41) is 9.64. The maximum atomic E-state index is 6.04. The maximum absolute atomic E-state index is 6.04. The van der Waals surface area contributed by atoms with Crippen LogP contribution in [0.25, 0.3) is 10.9 Å². The summed E-state index contributed by atoms with van der Waals surface area (Å²) in [6.07, 6.45) is 2.73. The van der Waals surface area contributed by atoms with Crippen LogP contribution in [-0.4, -0.2) is 44.1 Å². The zero-order valence-electron chi connectivity index (χ0n) is 16.5. The van der Waals surface area contributed by atoms with E-state index in [1.807, 2.05) is 18.3 Å². The van der Waals surface area contributed by atoms with Crippen molar-refractivity contribution in [2.24, 2.45) is 0 Å². The zero-order chi connectivity index (χ0) is 19.5. The van der Waals surface area contributed by atoms with Crippen molar-refractivity contribution in [1.82, 2.24) is 10.2 Å². The summed E-state index contributed by atoms with van der Waals surface area (Å²) in [6.45, 7) is 4.34. The third-order valence-electron chi connectivity index (χ3n) is 5.30. The molecule has 0 saturated carbocycles. The van der Waals surface area contributed by atoms with E-state index in [9.17, 15) is 0 Å². The lowest BCUT2D eigenvalue weighted by molar-refractivity contribution is 0.0398. The molecule has 1 aromatic heterocycles. The van der Waals surface area contributed by atoms with Crippen molar-refractivity contribution in [3.63, 3.8) is 0 Å². The summed E-state index contributed by atoms with van der Waals surface area (Å²) in [7, 11) is 3.39. The first-order valence-electron chi connectivity index (χ1n) is 9.56. The fraction of sp³-hybridized carbons (Fsp3) is 0.364. The summed E-state index contributed by atoms with van der Waals surface area (Å²) < 4.78 is 16.9. The van der Waals surface area contributed by atoms with Crippen LogP contribution in [0.3, 0.4) is 0 Å². The Morgan fingerprint density at radius 1 is 1.14 bits per heavy atom. The first-order chi connectivity index (χ1) is 13.7. The van der Waals surface area contributed by atoms with Gasteiger partial charge in [-0.25, -0.2) is 0 Å². The Labute approximate surface area is 165 Å². The standard InChI is InChI=1S/C22H25N3O3/c1-4-15-11-19-18(12-21(15)27-3)20(13-23-24-19)25-9-10-28-22(14-25)16-5-7-17(26-2)8-6-16/h5-8,11-13,22H,4,9-10,14H2,1-3H3. The molecule has 0 bridgehead atoms. The summed E-state index contributed by atoms with van der Waals surface area (Å²) in [5.74, 6) is 1.74. The highest BCUT2D eigenvalue weighted by Gasteiger charge is 2.24. The largest absolute Gasteiger partial charge is 0.497 e. The average molecular weight is 379 g/mol. The molecule has 0 radical (unpaired) electrons. The van der Waals surface area contributed by atoms with E-state index in [1.165, 1.54) is 0 Å². The number of anilines is 1. The molecule has 1 aliphatic rings. The monoisotopic (exact) mass is 379 g/mol. The van der Waals surface area contributed by atoms with Crippen LogP contribution in [0.2, 0.25) is 0 Å². The second-order valence-corrected chi connectivity index (χ2v) is 6.84. The van der Waals surface area contributed by atoms with Gasteiger partial charge >= 0.3 is 0 Å². The fourth-order valence-electron chi connectivity index (χ4n) is 3.72. The minimum absolute atomic E-state index is 0.000294. The lowest BCUT2D eigenvalue weighted by atomic mass is 10.0. The van der Waals surface area contributed by atoms with Gasteiger partial charge in [-0.1, -0.05) is 19.1 Å². The SMILES string of the molecule is CCc1cc2nncc(N3CCOC(c4ccc(OC)cc4)C3)c2cc1OC. The van der Waals surface area contributed by atoms with Crippen LogP contribution < -0.4 is 14.4 Å². The van der Waals surface area contributed by atoms with Gasteiger partial charge in [-0.2, -0.15) is 10.2 Å². The van der Waals surface area contributed by atoms with Gasteiger partial charge in [0.2, 0.25) is 0 Å². The molecular formula is C22H25N3O3. The number of ether oxygens (including phenoxy) is 3. The molecule has 3 aromatic rings. The lowest BCUT2D eigenvalue weighted by Crippen LogP contribution is -2.38. The summed E-state index contributed by atoms with van der Waals surface area (Å²) >= 11 is 0. The maximum Gasteiger partial charge on any atom is 0.122 e. The number of rotatable bonds is 5. The minimum Gasteiger partial charge on any atom is -0.497 e. The Morgan fingerprint density at radius 3 is 2.68 bits per heavy atom. The van der Waals surface area contributed by atoms with Crippen molar-refractivity contribution in [2.75, 3.05) is 38.8 Å². The molecular weight excluding hydrogens is 354 g/mol. The minimum atomic E-state index is -0.000294. The number of aryl methyl sites for hydroxylation is 1. The number of fused-ring (bicyclic) bond motifs is 1. The average Bonchev–Trinajstić information content (AvgIpc) is 2.77. The number of hydrogen-bond acceptors (Lipinski definition) is 6. The van der Waals surface area contributed by atoms with Crippen LogP contribution in [0, 0.1) is 0 Å². The normalized spacial score (nSPS) is 17.0.